The fraction of sp³-hybridized carbons (Fsp3) is 0.333. The maximum absolute atomic E-state index is 10.5. The number of carbonyl (C=O) groups is 2. The molecule has 56 valence electrons. The Kier molecular flexibility index (Phi) is 4.10. The highest BCUT2D eigenvalue weighted by molar-refractivity contribution is 5.96. The number of nitrogens with zero attached hydrogens (tertiary/aromatic N) is 2. The third-order valence-corrected chi connectivity index (χ3v) is 0.758. The zero-order valence-corrected chi connectivity index (χ0v) is 5.63. The lowest BCUT2D eigenvalue weighted by atomic mass is 10.4. The molecular formula is C6H5N3O2. The quantitative estimate of drug-likeness (QED) is 0.573. The number of rotatable bonds is 2. The Hall–Kier alpha value is -1.88. The normalized spacial score (nSPS) is 7.45. The highest BCUT2D eigenvalue weighted by atomic mass is 16.2. The summed E-state index contributed by atoms with van der Waals surface area (Å²) >= 11 is 0. The van der Waals surface area contributed by atoms with Crippen LogP contribution in [0.2, 0.25) is 0 Å². The molecule has 5 heteroatoms. The van der Waals surface area contributed by atoms with Crippen LogP contribution in [0, 0.1) is 22.7 Å². The monoisotopic (exact) mass is 151 g/mol. The molecule has 0 aliphatic carbocycles. The van der Waals surface area contributed by atoms with Gasteiger partial charge < -0.3 is 0 Å². The van der Waals surface area contributed by atoms with Gasteiger partial charge in [0.2, 0.25) is 11.8 Å². The molecule has 5 nitrogen and oxygen atoms in total. The first-order valence-corrected chi connectivity index (χ1v) is 2.77. The first-order chi connectivity index (χ1) is 5.20. The van der Waals surface area contributed by atoms with Crippen molar-refractivity contribution in [3.8, 4) is 12.1 Å². The number of amides is 2. The van der Waals surface area contributed by atoms with E-state index in [4.69, 9.17) is 10.5 Å². The average Bonchev–Trinajstić information content (AvgIpc) is 1.87. The zero-order valence-electron chi connectivity index (χ0n) is 5.63. The molecule has 0 aromatic heterocycles. The van der Waals surface area contributed by atoms with Crippen LogP contribution >= 0.6 is 0 Å². The smallest absolute Gasteiger partial charge is 0.240 e. The predicted octanol–water partition coefficient (Wildman–Crippen LogP) is -0.543. The molecule has 0 saturated heterocycles. The van der Waals surface area contributed by atoms with E-state index in [0.717, 1.165) is 0 Å². The topological polar surface area (TPSA) is 93.8 Å². The van der Waals surface area contributed by atoms with E-state index in [0.29, 0.717) is 0 Å². The number of carbonyl (C=O) groups excluding carboxylic acids is 2. The Bertz CT molecular complexity index is 220. The lowest BCUT2D eigenvalue weighted by Gasteiger charge is -1.94. The molecule has 0 radical (unpaired) electrons. The minimum absolute atomic E-state index is 0.364. The molecule has 0 aromatic rings. The van der Waals surface area contributed by atoms with Gasteiger partial charge in [-0.25, -0.2) is 0 Å². The molecule has 0 heterocycles. The van der Waals surface area contributed by atoms with Crippen LogP contribution in [-0.4, -0.2) is 11.8 Å². The Balaban J connectivity index is 3.71. The summed E-state index contributed by atoms with van der Waals surface area (Å²) in [7, 11) is 0. The zero-order chi connectivity index (χ0) is 8.69. The van der Waals surface area contributed by atoms with Crippen LogP contribution in [0.25, 0.3) is 0 Å². The van der Waals surface area contributed by atoms with Crippen molar-refractivity contribution in [3.63, 3.8) is 0 Å². The fourth-order valence-electron chi connectivity index (χ4n) is 0.387. The predicted molar refractivity (Wildman–Crippen MR) is 33.6 cm³/mol. The lowest BCUT2D eigenvalue weighted by molar-refractivity contribution is -0.129. The van der Waals surface area contributed by atoms with Crippen molar-refractivity contribution in [1.29, 1.82) is 10.5 Å². The molecule has 0 aliphatic heterocycles. The van der Waals surface area contributed by atoms with Crippen LogP contribution in [0.1, 0.15) is 12.8 Å². The number of hydrogen-bond acceptors (Lipinski definition) is 4. The molecule has 0 atom stereocenters. The van der Waals surface area contributed by atoms with Crippen LogP contribution < -0.4 is 5.32 Å². The molecule has 2 amide bonds. The number of hydrogen-bond donors (Lipinski definition) is 1. The number of nitriles is 2. The molecular weight excluding hydrogens is 146 g/mol. The third-order valence-electron chi connectivity index (χ3n) is 0.758. The SMILES string of the molecule is N#CCC(=O)NC(=O)CC#N. The Morgan fingerprint density at radius 1 is 1.09 bits per heavy atom. The van der Waals surface area contributed by atoms with Crippen LogP contribution in [0.15, 0.2) is 0 Å². The van der Waals surface area contributed by atoms with Gasteiger partial charge in [0.1, 0.15) is 12.8 Å². The minimum Gasteiger partial charge on any atom is -0.295 e. The first kappa shape index (κ1) is 9.12. The lowest BCUT2D eigenvalue weighted by Crippen LogP contribution is -2.29. The third kappa shape index (κ3) is 4.61. The van der Waals surface area contributed by atoms with Gasteiger partial charge in [-0.15, -0.1) is 0 Å². The van der Waals surface area contributed by atoms with Gasteiger partial charge in [0.25, 0.3) is 0 Å². The number of imide groups is 1. The Morgan fingerprint density at radius 3 is 1.73 bits per heavy atom. The van der Waals surface area contributed by atoms with Crippen LogP contribution in [0.4, 0.5) is 0 Å². The summed E-state index contributed by atoms with van der Waals surface area (Å²) in [5.74, 6) is -1.35. The van der Waals surface area contributed by atoms with E-state index in [-0.39, 0.29) is 12.8 Å². The van der Waals surface area contributed by atoms with Gasteiger partial charge in [0.15, 0.2) is 0 Å². The second-order valence-electron chi connectivity index (χ2n) is 1.64. The van der Waals surface area contributed by atoms with Crippen LogP contribution in [-0.2, 0) is 9.59 Å². The van der Waals surface area contributed by atoms with Gasteiger partial charge in [-0.1, -0.05) is 0 Å². The molecule has 0 aromatic carbocycles. The van der Waals surface area contributed by atoms with E-state index in [9.17, 15) is 9.59 Å². The second kappa shape index (κ2) is 4.95. The maximum Gasteiger partial charge on any atom is 0.240 e. The second-order valence-corrected chi connectivity index (χ2v) is 1.64. The molecule has 0 spiro atoms. The van der Waals surface area contributed by atoms with Crippen molar-refractivity contribution < 1.29 is 9.59 Å². The maximum atomic E-state index is 10.5. The fourth-order valence-corrected chi connectivity index (χ4v) is 0.387. The summed E-state index contributed by atoms with van der Waals surface area (Å²) in [5.41, 5.74) is 0. The summed E-state index contributed by atoms with van der Waals surface area (Å²) in [4.78, 5) is 20.9. The average molecular weight is 151 g/mol. The van der Waals surface area contributed by atoms with Crippen molar-refractivity contribution in [2.45, 2.75) is 12.8 Å². The van der Waals surface area contributed by atoms with E-state index < -0.39 is 11.8 Å². The summed E-state index contributed by atoms with van der Waals surface area (Å²) < 4.78 is 0. The highest BCUT2D eigenvalue weighted by Gasteiger charge is 2.05. The summed E-state index contributed by atoms with van der Waals surface area (Å²) in [6.07, 6.45) is -0.728. The standard InChI is InChI=1S/C6H5N3O2/c7-3-1-5(10)9-6(11)2-4-8/h1-2H2,(H,9,10,11). The van der Waals surface area contributed by atoms with Gasteiger partial charge in [-0.3, -0.25) is 14.9 Å². The first-order valence-electron chi connectivity index (χ1n) is 2.77. The van der Waals surface area contributed by atoms with Crippen LogP contribution in [0.5, 0.6) is 0 Å². The molecule has 1 N–H and O–H groups in total. The van der Waals surface area contributed by atoms with E-state index in [1.807, 2.05) is 5.32 Å². The van der Waals surface area contributed by atoms with E-state index in [2.05, 4.69) is 0 Å². The molecule has 0 unspecified atom stereocenters. The van der Waals surface area contributed by atoms with E-state index in [1.54, 1.807) is 12.1 Å². The molecule has 0 rings (SSSR count). The number of nitrogens with one attached hydrogen (secondary N) is 1. The minimum atomic E-state index is -0.673. The Morgan fingerprint density at radius 2 is 1.45 bits per heavy atom. The van der Waals surface area contributed by atoms with Crippen molar-refractivity contribution >= 4 is 11.8 Å². The molecule has 0 saturated carbocycles. The van der Waals surface area contributed by atoms with Gasteiger partial charge in [-0.05, 0) is 0 Å². The van der Waals surface area contributed by atoms with Crippen molar-refractivity contribution in [3.05, 3.63) is 0 Å². The van der Waals surface area contributed by atoms with Crippen LogP contribution in [0.3, 0.4) is 0 Å². The highest BCUT2D eigenvalue weighted by Crippen LogP contribution is 1.78. The summed E-state index contributed by atoms with van der Waals surface area (Å²) in [6, 6.07) is 3.14. The molecule has 0 aliphatic rings. The molecule has 0 fully saturated rings. The largest absolute Gasteiger partial charge is 0.295 e. The van der Waals surface area contributed by atoms with Gasteiger partial charge in [0, 0.05) is 0 Å². The van der Waals surface area contributed by atoms with Crippen molar-refractivity contribution in [2.75, 3.05) is 0 Å². The van der Waals surface area contributed by atoms with E-state index in [1.165, 1.54) is 0 Å². The van der Waals surface area contributed by atoms with Gasteiger partial charge >= 0.3 is 0 Å². The van der Waals surface area contributed by atoms with Gasteiger partial charge in [0.05, 0.1) is 12.1 Å². The van der Waals surface area contributed by atoms with Crippen molar-refractivity contribution in [2.24, 2.45) is 0 Å². The van der Waals surface area contributed by atoms with Crippen molar-refractivity contribution in [1.82, 2.24) is 5.32 Å². The molecule has 11 heavy (non-hydrogen) atoms. The van der Waals surface area contributed by atoms with E-state index >= 15 is 0 Å². The Labute approximate surface area is 63.2 Å². The summed E-state index contributed by atoms with van der Waals surface area (Å²) in [6.45, 7) is 0. The molecule has 0 bridgehead atoms. The summed E-state index contributed by atoms with van der Waals surface area (Å²) in [5, 5.41) is 17.8. The van der Waals surface area contributed by atoms with Gasteiger partial charge in [-0.2, -0.15) is 10.5 Å².